The van der Waals surface area contributed by atoms with E-state index in [9.17, 15) is 4.39 Å². The number of aryl methyl sites for hydroxylation is 1. The van der Waals surface area contributed by atoms with E-state index in [1.165, 1.54) is 10.7 Å². The van der Waals surface area contributed by atoms with Crippen LogP contribution in [0.3, 0.4) is 0 Å². The Morgan fingerprint density at radius 1 is 1.22 bits per heavy atom. The minimum atomic E-state index is -0.329. The van der Waals surface area contributed by atoms with Gasteiger partial charge >= 0.3 is 0 Å². The molecule has 0 spiro atoms. The van der Waals surface area contributed by atoms with Crippen LogP contribution >= 0.6 is 11.6 Å². The number of rotatable bonds is 8. The highest BCUT2D eigenvalue weighted by atomic mass is 35.5. The number of aromatic nitrogens is 4. The Bertz CT molecular complexity index is 919. The molecular weight excluding hydrogens is 373 g/mol. The first-order valence-electron chi connectivity index (χ1n) is 8.36. The minimum Gasteiger partial charge on any atom is -0.490 e. The average molecular weight is 392 g/mol. The molecule has 7 nitrogen and oxygen atoms in total. The Morgan fingerprint density at radius 3 is 2.74 bits per heavy atom. The molecule has 0 aliphatic rings. The van der Waals surface area contributed by atoms with Gasteiger partial charge in [-0.3, -0.25) is 0 Å². The lowest BCUT2D eigenvalue weighted by atomic mass is 10.2. The second-order valence-electron chi connectivity index (χ2n) is 5.70. The first-order chi connectivity index (χ1) is 13.1. The molecule has 9 heteroatoms. The predicted molar refractivity (Wildman–Crippen MR) is 99.5 cm³/mol. The highest BCUT2D eigenvalue weighted by molar-refractivity contribution is 6.32. The fraction of sp³-hybridized carbons (Fsp3) is 0.278. The lowest BCUT2D eigenvalue weighted by molar-refractivity contribution is 0.266. The lowest BCUT2D eigenvalue weighted by Gasteiger charge is -2.16. The van der Waals surface area contributed by atoms with Gasteiger partial charge in [0.25, 0.3) is 0 Å². The summed E-state index contributed by atoms with van der Waals surface area (Å²) in [6.07, 6.45) is 0. The Hall–Kier alpha value is -2.87. The van der Waals surface area contributed by atoms with Crippen molar-refractivity contribution in [2.24, 2.45) is 7.05 Å². The van der Waals surface area contributed by atoms with E-state index in [0.29, 0.717) is 41.2 Å². The molecule has 1 heterocycles. The molecule has 0 bridgehead atoms. The van der Waals surface area contributed by atoms with Crippen molar-refractivity contribution in [2.75, 3.05) is 11.9 Å². The van der Waals surface area contributed by atoms with E-state index in [1.54, 1.807) is 31.3 Å². The topological polar surface area (TPSA) is 74.1 Å². The van der Waals surface area contributed by atoms with Crippen molar-refractivity contribution in [1.82, 2.24) is 20.2 Å². The van der Waals surface area contributed by atoms with Gasteiger partial charge in [-0.1, -0.05) is 34.9 Å². The first-order valence-corrected chi connectivity index (χ1v) is 8.74. The van der Waals surface area contributed by atoms with Gasteiger partial charge in [0.05, 0.1) is 11.6 Å². The van der Waals surface area contributed by atoms with Crippen molar-refractivity contribution < 1.29 is 13.9 Å². The van der Waals surface area contributed by atoms with E-state index in [-0.39, 0.29) is 12.4 Å². The van der Waals surface area contributed by atoms with Crippen molar-refractivity contribution in [1.29, 1.82) is 0 Å². The van der Waals surface area contributed by atoms with E-state index in [4.69, 9.17) is 21.1 Å². The second kappa shape index (κ2) is 8.68. The number of nitrogens with one attached hydrogen (secondary N) is 1. The maximum atomic E-state index is 13.8. The molecule has 0 atom stereocenters. The molecule has 0 unspecified atom stereocenters. The van der Waals surface area contributed by atoms with E-state index in [2.05, 4.69) is 20.8 Å². The van der Waals surface area contributed by atoms with Crippen molar-refractivity contribution in [3.8, 4) is 11.5 Å². The number of anilines is 1. The molecule has 3 rings (SSSR count). The van der Waals surface area contributed by atoms with Gasteiger partial charge in [0.2, 0.25) is 5.95 Å². The summed E-state index contributed by atoms with van der Waals surface area (Å²) < 4.78 is 26.7. The Kier molecular flexibility index (Phi) is 6.08. The SMILES string of the molecule is CCOc1cc(CNc2nnnn2C)cc(Cl)c1OCc1ccccc1F. The summed E-state index contributed by atoms with van der Waals surface area (Å²) in [7, 11) is 1.74. The molecule has 142 valence electrons. The summed E-state index contributed by atoms with van der Waals surface area (Å²) in [6.45, 7) is 2.80. The third-order valence-electron chi connectivity index (χ3n) is 3.77. The largest absolute Gasteiger partial charge is 0.490 e. The summed E-state index contributed by atoms with van der Waals surface area (Å²) in [5.41, 5.74) is 1.31. The molecule has 0 amide bonds. The van der Waals surface area contributed by atoms with Crippen molar-refractivity contribution in [3.63, 3.8) is 0 Å². The smallest absolute Gasteiger partial charge is 0.242 e. The number of benzene rings is 2. The molecule has 0 aliphatic heterocycles. The lowest BCUT2D eigenvalue weighted by Crippen LogP contribution is -2.07. The Labute approximate surface area is 161 Å². The van der Waals surface area contributed by atoms with Crippen LogP contribution in [0.25, 0.3) is 0 Å². The van der Waals surface area contributed by atoms with E-state index in [0.717, 1.165) is 5.56 Å². The van der Waals surface area contributed by atoms with Crippen LogP contribution in [-0.2, 0) is 20.2 Å². The highest BCUT2D eigenvalue weighted by Gasteiger charge is 2.14. The van der Waals surface area contributed by atoms with E-state index >= 15 is 0 Å². The molecule has 1 N–H and O–H groups in total. The molecule has 0 saturated heterocycles. The van der Waals surface area contributed by atoms with Crippen molar-refractivity contribution in [3.05, 3.63) is 58.4 Å². The summed E-state index contributed by atoms with van der Waals surface area (Å²) in [6, 6.07) is 10.0. The minimum absolute atomic E-state index is 0.0503. The van der Waals surface area contributed by atoms with Gasteiger partial charge in [0, 0.05) is 19.2 Å². The van der Waals surface area contributed by atoms with Crippen LogP contribution < -0.4 is 14.8 Å². The fourth-order valence-electron chi connectivity index (χ4n) is 2.45. The van der Waals surface area contributed by atoms with Gasteiger partial charge in [-0.25, -0.2) is 9.07 Å². The summed E-state index contributed by atoms with van der Waals surface area (Å²) in [5, 5.41) is 14.7. The molecule has 0 radical (unpaired) electrons. The molecule has 2 aromatic carbocycles. The van der Waals surface area contributed by atoms with Crippen LogP contribution in [0.4, 0.5) is 10.3 Å². The third kappa shape index (κ3) is 4.65. The summed E-state index contributed by atoms with van der Waals surface area (Å²) >= 11 is 6.40. The van der Waals surface area contributed by atoms with Gasteiger partial charge in [0.15, 0.2) is 11.5 Å². The fourth-order valence-corrected chi connectivity index (χ4v) is 2.74. The zero-order valence-electron chi connectivity index (χ0n) is 14.9. The number of tetrazole rings is 1. The number of hydrogen-bond donors (Lipinski definition) is 1. The number of ether oxygens (including phenoxy) is 2. The van der Waals surface area contributed by atoms with E-state index in [1.807, 2.05) is 13.0 Å². The second-order valence-corrected chi connectivity index (χ2v) is 6.10. The van der Waals surface area contributed by atoms with E-state index < -0.39 is 0 Å². The van der Waals surface area contributed by atoms with Gasteiger partial charge in [0.1, 0.15) is 12.4 Å². The summed E-state index contributed by atoms with van der Waals surface area (Å²) in [4.78, 5) is 0. The number of hydrogen-bond acceptors (Lipinski definition) is 6. The van der Waals surface area contributed by atoms with Gasteiger partial charge in [-0.2, -0.15) is 0 Å². The zero-order valence-corrected chi connectivity index (χ0v) is 15.7. The molecule has 3 aromatic rings. The quantitative estimate of drug-likeness (QED) is 0.632. The van der Waals surface area contributed by atoms with Crippen LogP contribution in [0.15, 0.2) is 36.4 Å². The number of halogens is 2. The van der Waals surface area contributed by atoms with Crippen molar-refractivity contribution >= 4 is 17.5 Å². The van der Waals surface area contributed by atoms with Crippen LogP contribution in [-0.4, -0.2) is 26.8 Å². The van der Waals surface area contributed by atoms with Crippen LogP contribution in [0.2, 0.25) is 5.02 Å². The Balaban J connectivity index is 1.77. The maximum Gasteiger partial charge on any atom is 0.242 e. The molecule has 0 aliphatic carbocycles. The van der Waals surface area contributed by atoms with Gasteiger partial charge in [-0.05, 0) is 41.1 Å². The van der Waals surface area contributed by atoms with Gasteiger partial charge < -0.3 is 14.8 Å². The molecule has 27 heavy (non-hydrogen) atoms. The van der Waals surface area contributed by atoms with Crippen LogP contribution in [0.1, 0.15) is 18.1 Å². The van der Waals surface area contributed by atoms with Crippen LogP contribution in [0.5, 0.6) is 11.5 Å². The standard InChI is InChI=1S/C18H19ClFN5O2/c1-3-26-16-9-12(10-21-18-22-23-24-25(18)2)8-14(19)17(16)27-11-13-6-4-5-7-15(13)20/h4-9H,3,10-11H2,1-2H3,(H,21,22,24). The first kappa shape index (κ1) is 18.9. The molecular formula is C18H19ClFN5O2. The van der Waals surface area contributed by atoms with Gasteiger partial charge in [-0.15, -0.1) is 0 Å². The summed E-state index contributed by atoms with van der Waals surface area (Å²) in [5.74, 6) is 1.08. The van der Waals surface area contributed by atoms with Crippen LogP contribution in [0, 0.1) is 5.82 Å². The highest BCUT2D eigenvalue weighted by Crippen LogP contribution is 2.37. The Morgan fingerprint density at radius 2 is 2.04 bits per heavy atom. The van der Waals surface area contributed by atoms with Crippen molar-refractivity contribution in [2.45, 2.75) is 20.1 Å². The molecule has 0 saturated carbocycles. The number of nitrogens with zero attached hydrogens (tertiary/aromatic N) is 4. The molecule has 1 aromatic heterocycles. The zero-order chi connectivity index (χ0) is 19.2. The third-order valence-corrected chi connectivity index (χ3v) is 4.05. The predicted octanol–water partition coefficient (Wildman–Crippen LogP) is 3.59. The maximum absolute atomic E-state index is 13.8. The monoisotopic (exact) mass is 391 g/mol. The molecule has 0 fully saturated rings. The average Bonchev–Trinajstić information content (AvgIpc) is 3.06. The normalized spacial score (nSPS) is 10.7.